The number of H-pyrrole nitrogens is 1. The van der Waals surface area contributed by atoms with E-state index >= 15 is 0 Å². The lowest BCUT2D eigenvalue weighted by Gasteiger charge is -2.11. The first-order valence-electron chi connectivity index (χ1n) is 9.38. The summed E-state index contributed by atoms with van der Waals surface area (Å²) in [7, 11) is 0. The Kier molecular flexibility index (Phi) is 6.33. The predicted octanol–water partition coefficient (Wildman–Crippen LogP) is 7.58. The summed E-state index contributed by atoms with van der Waals surface area (Å²) in [4.78, 5) is 7.74. The first kappa shape index (κ1) is 21.5. The molecule has 4 rings (SSSR count). The number of halogens is 3. The Morgan fingerprint density at radius 1 is 1.16 bits per heavy atom. The molecule has 0 bridgehead atoms. The minimum absolute atomic E-state index is 0.354. The molecule has 0 fully saturated rings. The topological polar surface area (TPSA) is 61.7 Å². The molecule has 0 saturated carbocycles. The highest BCUT2D eigenvalue weighted by molar-refractivity contribution is 9.10. The van der Waals surface area contributed by atoms with Gasteiger partial charge in [0.2, 0.25) is 0 Å². The Labute approximate surface area is 198 Å². The quantitative estimate of drug-likeness (QED) is 0.280. The third-order valence-electron chi connectivity index (χ3n) is 4.64. The molecular weight excluding hydrogens is 497 g/mol. The van der Waals surface area contributed by atoms with Crippen LogP contribution < -0.4 is 4.74 Å². The number of aromatic nitrogens is 2. The normalized spacial score (nSPS) is 11.5. The number of rotatable bonds is 5. The van der Waals surface area contributed by atoms with E-state index in [0.29, 0.717) is 38.3 Å². The number of hydrogen-bond donors (Lipinski definition) is 1. The van der Waals surface area contributed by atoms with Crippen LogP contribution in [-0.4, -0.2) is 9.97 Å². The second-order valence-corrected chi connectivity index (χ2v) is 8.70. The Bertz CT molecular complexity index is 1310. The van der Waals surface area contributed by atoms with Crippen LogP contribution >= 0.6 is 39.1 Å². The molecule has 0 saturated heterocycles. The molecule has 1 heterocycles. The SMILES string of the molecule is Cc1ccc2nc(/C(C#N)=C\c3cc(Cl)c(OCc4ccc(Cl)cc4)c(Br)c3)[nH]c2c1. The van der Waals surface area contributed by atoms with Crippen molar-refractivity contribution in [2.45, 2.75) is 13.5 Å². The second kappa shape index (κ2) is 9.15. The van der Waals surface area contributed by atoms with E-state index in [-0.39, 0.29) is 0 Å². The molecule has 4 nitrogen and oxygen atoms in total. The van der Waals surface area contributed by atoms with Crippen molar-refractivity contribution in [2.24, 2.45) is 0 Å². The van der Waals surface area contributed by atoms with Crippen molar-refractivity contribution in [3.8, 4) is 11.8 Å². The lowest BCUT2D eigenvalue weighted by molar-refractivity contribution is 0.304. The second-order valence-electron chi connectivity index (χ2n) is 7.00. The fourth-order valence-corrected chi connectivity index (χ4v) is 4.22. The number of benzene rings is 3. The summed E-state index contributed by atoms with van der Waals surface area (Å²) in [5.74, 6) is 1.05. The van der Waals surface area contributed by atoms with E-state index < -0.39 is 0 Å². The van der Waals surface area contributed by atoms with Gasteiger partial charge in [-0.1, -0.05) is 41.4 Å². The number of nitriles is 1. The zero-order chi connectivity index (χ0) is 22.0. The van der Waals surface area contributed by atoms with Crippen LogP contribution in [0.25, 0.3) is 22.7 Å². The summed E-state index contributed by atoms with van der Waals surface area (Å²) in [5, 5.41) is 10.8. The molecule has 0 unspecified atom stereocenters. The fraction of sp³-hybridized carbons (Fsp3) is 0.0833. The smallest absolute Gasteiger partial charge is 0.152 e. The molecule has 4 aromatic rings. The van der Waals surface area contributed by atoms with Gasteiger partial charge in [0.15, 0.2) is 5.75 Å². The van der Waals surface area contributed by atoms with Gasteiger partial charge in [-0.25, -0.2) is 4.98 Å². The molecule has 0 amide bonds. The summed E-state index contributed by atoms with van der Waals surface area (Å²) < 4.78 is 6.58. The van der Waals surface area contributed by atoms with E-state index in [0.717, 1.165) is 27.7 Å². The number of allylic oxidation sites excluding steroid dienone is 1. The van der Waals surface area contributed by atoms with E-state index in [1.165, 1.54) is 0 Å². The molecular formula is C24H16BrCl2N3O. The van der Waals surface area contributed by atoms with Gasteiger partial charge in [0, 0.05) is 5.02 Å². The lowest BCUT2D eigenvalue weighted by Crippen LogP contribution is -1.97. The third-order valence-corrected chi connectivity index (χ3v) is 5.76. The standard InChI is InChI=1S/C24H16BrCl2N3O/c1-14-2-7-21-22(8-14)30-24(29-21)17(12-28)9-16-10-19(25)23(20(27)11-16)31-13-15-3-5-18(26)6-4-15/h2-11H,13H2,1H3,(H,29,30)/b17-9-. The Morgan fingerprint density at radius 2 is 1.94 bits per heavy atom. The molecule has 1 aromatic heterocycles. The highest BCUT2D eigenvalue weighted by atomic mass is 79.9. The third kappa shape index (κ3) is 4.94. The van der Waals surface area contributed by atoms with E-state index in [1.807, 2.05) is 55.5 Å². The number of hydrogen-bond acceptors (Lipinski definition) is 3. The van der Waals surface area contributed by atoms with Crippen molar-refractivity contribution in [1.29, 1.82) is 5.26 Å². The Morgan fingerprint density at radius 3 is 2.65 bits per heavy atom. The average molecular weight is 513 g/mol. The highest BCUT2D eigenvalue weighted by Gasteiger charge is 2.12. The fourth-order valence-electron chi connectivity index (χ4n) is 3.11. The maximum absolute atomic E-state index is 9.69. The van der Waals surface area contributed by atoms with Crippen LogP contribution in [0.1, 0.15) is 22.5 Å². The average Bonchev–Trinajstić information content (AvgIpc) is 3.15. The largest absolute Gasteiger partial charge is 0.486 e. The van der Waals surface area contributed by atoms with Crippen molar-refractivity contribution in [1.82, 2.24) is 9.97 Å². The number of fused-ring (bicyclic) bond motifs is 1. The Balaban J connectivity index is 1.60. The van der Waals surface area contributed by atoms with E-state index in [2.05, 4.69) is 32.0 Å². The molecule has 0 atom stereocenters. The van der Waals surface area contributed by atoms with E-state index in [9.17, 15) is 5.26 Å². The maximum Gasteiger partial charge on any atom is 0.152 e. The molecule has 0 aliphatic carbocycles. The molecule has 1 N–H and O–H groups in total. The van der Waals surface area contributed by atoms with Crippen LogP contribution in [0.2, 0.25) is 10.0 Å². The van der Waals surface area contributed by atoms with Crippen LogP contribution in [-0.2, 0) is 6.61 Å². The van der Waals surface area contributed by atoms with Gasteiger partial charge in [-0.3, -0.25) is 0 Å². The molecule has 0 radical (unpaired) electrons. The number of imidazole rings is 1. The molecule has 154 valence electrons. The van der Waals surface area contributed by atoms with Gasteiger partial charge in [-0.2, -0.15) is 5.26 Å². The summed E-state index contributed by atoms with van der Waals surface area (Å²) >= 11 is 15.9. The molecule has 7 heteroatoms. The van der Waals surface area contributed by atoms with Crippen molar-refractivity contribution >= 4 is 61.8 Å². The van der Waals surface area contributed by atoms with Crippen LogP contribution in [0.15, 0.2) is 59.1 Å². The number of nitrogens with one attached hydrogen (secondary N) is 1. The van der Waals surface area contributed by atoms with Gasteiger partial charge in [0.05, 0.1) is 26.1 Å². The molecule has 0 aliphatic rings. The zero-order valence-corrected chi connectivity index (χ0v) is 19.5. The van der Waals surface area contributed by atoms with Crippen LogP contribution in [0.3, 0.4) is 0 Å². The minimum atomic E-state index is 0.354. The molecule has 0 spiro atoms. The minimum Gasteiger partial charge on any atom is -0.486 e. The van der Waals surface area contributed by atoms with Crippen LogP contribution in [0.4, 0.5) is 0 Å². The molecule has 31 heavy (non-hydrogen) atoms. The van der Waals surface area contributed by atoms with Crippen LogP contribution in [0, 0.1) is 18.3 Å². The Hall–Kier alpha value is -2.78. The monoisotopic (exact) mass is 511 g/mol. The number of aryl methyl sites for hydroxylation is 1. The number of ether oxygens (including phenoxy) is 1. The first-order valence-corrected chi connectivity index (χ1v) is 10.9. The van der Waals surface area contributed by atoms with Crippen LogP contribution in [0.5, 0.6) is 5.75 Å². The van der Waals surface area contributed by atoms with Gasteiger partial charge in [-0.15, -0.1) is 0 Å². The van der Waals surface area contributed by atoms with Gasteiger partial charge >= 0.3 is 0 Å². The van der Waals surface area contributed by atoms with Gasteiger partial charge in [0.1, 0.15) is 18.5 Å². The van der Waals surface area contributed by atoms with Gasteiger partial charge in [-0.05, 0) is 82.0 Å². The summed E-state index contributed by atoms with van der Waals surface area (Å²) in [6.45, 7) is 2.36. The van der Waals surface area contributed by atoms with Crippen molar-refractivity contribution in [2.75, 3.05) is 0 Å². The van der Waals surface area contributed by atoms with Crippen molar-refractivity contribution < 1.29 is 4.74 Å². The van der Waals surface area contributed by atoms with Gasteiger partial charge in [0.25, 0.3) is 0 Å². The van der Waals surface area contributed by atoms with E-state index in [1.54, 1.807) is 12.1 Å². The maximum atomic E-state index is 9.69. The van der Waals surface area contributed by atoms with Crippen molar-refractivity contribution in [3.63, 3.8) is 0 Å². The zero-order valence-electron chi connectivity index (χ0n) is 16.4. The van der Waals surface area contributed by atoms with E-state index in [4.69, 9.17) is 27.9 Å². The molecule has 3 aromatic carbocycles. The first-order chi connectivity index (χ1) is 14.9. The summed E-state index contributed by atoms with van der Waals surface area (Å²) in [5.41, 5.74) is 4.96. The lowest BCUT2D eigenvalue weighted by atomic mass is 10.1. The van der Waals surface area contributed by atoms with Gasteiger partial charge < -0.3 is 9.72 Å². The number of nitrogens with zero attached hydrogens (tertiary/aromatic N) is 2. The molecule has 0 aliphatic heterocycles. The number of aromatic amines is 1. The van der Waals surface area contributed by atoms with Crippen molar-refractivity contribution in [3.05, 3.63) is 91.6 Å². The highest BCUT2D eigenvalue weighted by Crippen LogP contribution is 2.36. The summed E-state index contributed by atoms with van der Waals surface area (Å²) in [6.07, 6.45) is 1.74. The summed E-state index contributed by atoms with van der Waals surface area (Å²) in [6, 6.07) is 19.2. The predicted molar refractivity (Wildman–Crippen MR) is 129 cm³/mol.